The van der Waals surface area contributed by atoms with E-state index in [-0.39, 0.29) is 41.3 Å². The van der Waals surface area contributed by atoms with Crippen LogP contribution in [-0.4, -0.2) is 154 Å². The van der Waals surface area contributed by atoms with Gasteiger partial charge in [-0.25, -0.2) is 5.43 Å². The number of aldehydes is 2. The summed E-state index contributed by atoms with van der Waals surface area (Å²) in [5.74, 6) is -0.193. The number of hydrazine groups is 1. The fourth-order valence-corrected chi connectivity index (χ4v) is 9.27. The van der Waals surface area contributed by atoms with Gasteiger partial charge in [-0.1, -0.05) is 34.3 Å². The van der Waals surface area contributed by atoms with Crippen LogP contribution in [0.5, 0.6) is 0 Å². The van der Waals surface area contributed by atoms with Gasteiger partial charge in [-0.15, -0.1) is 0 Å². The summed E-state index contributed by atoms with van der Waals surface area (Å²) in [6, 6.07) is 9.59. The monoisotopic (exact) mass is 931 g/mol. The third-order valence-corrected chi connectivity index (χ3v) is 12.4. The normalized spacial score (nSPS) is 18.6. The molecule has 3 aliphatic rings. The molecule has 0 saturated carbocycles. The van der Waals surface area contributed by atoms with Gasteiger partial charge in [-0.3, -0.25) is 34.1 Å². The summed E-state index contributed by atoms with van der Waals surface area (Å²) in [6.45, 7) is 21.5. The van der Waals surface area contributed by atoms with Crippen molar-refractivity contribution in [2.45, 2.75) is 105 Å². The number of fused-ring (bicyclic) bond motifs is 1. The molecule has 1 aromatic carbocycles. The van der Waals surface area contributed by atoms with E-state index in [0.717, 1.165) is 90.8 Å². The molecule has 3 aromatic rings. The smallest absolute Gasteiger partial charge is 0.302 e. The zero-order chi connectivity index (χ0) is 49.3. The number of anilines is 1. The highest BCUT2D eigenvalue weighted by atomic mass is 16.5. The number of aryl methyl sites for hydroxylation is 1. The van der Waals surface area contributed by atoms with Gasteiger partial charge in [0.05, 0.1) is 43.4 Å². The summed E-state index contributed by atoms with van der Waals surface area (Å²) in [5, 5.41) is 5.93. The lowest BCUT2D eigenvalue weighted by Crippen LogP contribution is -2.59. The molecule has 2 aromatic heterocycles. The van der Waals surface area contributed by atoms with E-state index >= 15 is 0 Å². The number of morpholine rings is 1. The molecule has 3 fully saturated rings. The first-order valence-corrected chi connectivity index (χ1v) is 23.8. The molecule has 0 spiro atoms. The number of ether oxygens (including phenoxy) is 3. The average Bonchev–Trinajstić information content (AvgIpc) is 3.87. The van der Waals surface area contributed by atoms with E-state index in [1.54, 1.807) is 18.3 Å². The van der Waals surface area contributed by atoms with Crippen LogP contribution in [0.3, 0.4) is 0 Å². The maximum atomic E-state index is 14.0. The Morgan fingerprint density at radius 3 is 2.42 bits per heavy atom. The molecule has 0 aliphatic carbocycles. The highest BCUT2D eigenvalue weighted by molar-refractivity contribution is 5.95. The van der Waals surface area contributed by atoms with E-state index in [2.05, 4.69) is 76.7 Å². The largest absolute Gasteiger partial charge is 0.465 e. The first-order valence-electron chi connectivity index (χ1n) is 23.8. The van der Waals surface area contributed by atoms with Gasteiger partial charge < -0.3 is 38.7 Å². The molecule has 5 heterocycles. The van der Waals surface area contributed by atoms with Crippen LogP contribution < -0.4 is 15.6 Å². The molecule has 3 saturated heterocycles. The van der Waals surface area contributed by atoms with Crippen molar-refractivity contribution in [3.8, 4) is 11.3 Å². The number of hydrogen-bond donors (Lipinski definition) is 2. The van der Waals surface area contributed by atoms with Gasteiger partial charge in [-0.2, -0.15) is 0 Å². The topological polar surface area (TPSA) is 168 Å². The highest BCUT2D eigenvalue weighted by Gasteiger charge is 2.35. The summed E-state index contributed by atoms with van der Waals surface area (Å²) >= 11 is 0. The maximum absolute atomic E-state index is 14.0. The number of hydrogen-bond acceptors (Lipinski definition) is 13. The van der Waals surface area contributed by atoms with Gasteiger partial charge in [0.15, 0.2) is 0 Å². The van der Waals surface area contributed by atoms with Crippen LogP contribution in [0.1, 0.15) is 78.5 Å². The van der Waals surface area contributed by atoms with Gasteiger partial charge in [-0.05, 0) is 108 Å². The SMILES string of the molecule is C=CC=O.CCn1c(-c2cccnc2COC)c(CC(C)(C)COC(C)=O)c2cc(N3CCOC(CC(NC(=O)C(C(C)C)N(C)C)C(=O)N4CCCCN4)C3)ccc21.CN1CCC(C=O)C1. The predicted molar refractivity (Wildman–Crippen MR) is 263 cm³/mol. The van der Waals surface area contributed by atoms with Gasteiger partial charge >= 0.3 is 5.97 Å². The van der Waals surface area contributed by atoms with Crippen molar-refractivity contribution in [1.82, 2.24) is 35.1 Å². The molecule has 3 aliphatic heterocycles. The second-order valence-corrected chi connectivity index (χ2v) is 19.1. The second-order valence-electron chi connectivity index (χ2n) is 19.1. The molecular formula is C51H78N8O8. The van der Waals surface area contributed by atoms with Crippen LogP contribution in [0, 0.1) is 17.3 Å². The van der Waals surface area contributed by atoms with E-state index in [4.69, 9.17) is 24.0 Å². The van der Waals surface area contributed by atoms with Crippen LogP contribution in [0.25, 0.3) is 22.2 Å². The summed E-state index contributed by atoms with van der Waals surface area (Å²) in [5.41, 5.74) is 9.18. The van der Waals surface area contributed by atoms with Crippen LogP contribution in [0.15, 0.2) is 49.2 Å². The Labute approximate surface area is 398 Å². The molecule has 16 nitrogen and oxygen atoms in total. The Morgan fingerprint density at radius 1 is 1.10 bits per heavy atom. The van der Waals surface area contributed by atoms with Gasteiger partial charge in [0, 0.05) is 99.4 Å². The zero-order valence-electron chi connectivity index (χ0n) is 41.8. The van der Waals surface area contributed by atoms with Crippen molar-refractivity contribution < 1.29 is 38.2 Å². The average molecular weight is 931 g/mol. The number of esters is 1. The summed E-state index contributed by atoms with van der Waals surface area (Å²) in [4.78, 5) is 69.8. The van der Waals surface area contributed by atoms with Crippen molar-refractivity contribution >= 4 is 46.9 Å². The van der Waals surface area contributed by atoms with Gasteiger partial charge in [0.2, 0.25) is 5.91 Å². The molecule has 2 N–H and O–H groups in total. The maximum Gasteiger partial charge on any atom is 0.302 e. The van der Waals surface area contributed by atoms with E-state index in [1.807, 2.05) is 46.0 Å². The molecule has 4 atom stereocenters. The Hall–Kier alpha value is -5.00. The number of likely N-dealkylation sites (tertiary alicyclic amines) is 1. The molecule has 0 radical (unpaired) electrons. The van der Waals surface area contributed by atoms with E-state index in [1.165, 1.54) is 13.0 Å². The van der Waals surface area contributed by atoms with Crippen LogP contribution in [-0.2, 0) is 57.8 Å². The number of aromatic nitrogens is 2. The number of pyridine rings is 1. The van der Waals surface area contributed by atoms with Gasteiger partial charge in [0.1, 0.15) is 18.6 Å². The number of nitrogens with one attached hydrogen (secondary N) is 2. The van der Waals surface area contributed by atoms with E-state index < -0.39 is 6.04 Å². The van der Waals surface area contributed by atoms with Crippen molar-refractivity contribution in [1.29, 1.82) is 0 Å². The Morgan fingerprint density at radius 2 is 1.85 bits per heavy atom. The molecule has 4 unspecified atom stereocenters. The number of rotatable bonds is 18. The lowest BCUT2D eigenvalue weighted by atomic mass is 9.84. The first kappa shape index (κ1) is 54.6. The van der Waals surface area contributed by atoms with Crippen LogP contribution >= 0.6 is 0 Å². The molecular weight excluding hydrogens is 853 g/mol. The minimum Gasteiger partial charge on any atom is -0.465 e. The Kier molecular flexibility index (Phi) is 21.6. The molecule has 0 bridgehead atoms. The number of carbonyl (C=O) groups is 5. The van der Waals surface area contributed by atoms with Gasteiger partial charge in [0.25, 0.3) is 5.91 Å². The Bertz CT molecular complexity index is 2080. The van der Waals surface area contributed by atoms with Crippen molar-refractivity contribution in [3.63, 3.8) is 0 Å². The standard InChI is InChI=1S/C42H63N7O6.C6H11NO.C3H4O/c1-10-48-37-16-15-30(22-33(37)34(24-42(5,6)27-55-29(4)50)39(48)32-14-13-17-43-36(32)26-53-9)47-20-21-54-31(25-47)23-35(41(52)49-19-12-11-18-44-49)45-40(51)38(28(2)3)46(7)8;1-7-3-2-6(4-7)5-8;1-2-3-4/h13-17,22,28,31,35,38,44H,10-12,18-21,23-27H2,1-9H3,(H,45,51);5-6H,2-4H2,1H3;2-3H,1H2. The van der Waals surface area contributed by atoms with Crippen molar-refractivity contribution in [2.24, 2.45) is 17.3 Å². The molecule has 67 heavy (non-hydrogen) atoms. The van der Waals surface area contributed by atoms with E-state index in [9.17, 15) is 19.2 Å². The predicted octanol–water partition coefficient (Wildman–Crippen LogP) is 5.30. The third-order valence-electron chi connectivity index (χ3n) is 12.4. The number of likely N-dealkylation sites (N-methyl/N-ethyl adjacent to an activating group) is 1. The van der Waals surface area contributed by atoms with Crippen LogP contribution in [0.2, 0.25) is 0 Å². The zero-order valence-corrected chi connectivity index (χ0v) is 41.8. The molecule has 2 amide bonds. The van der Waals surface area contributed by atoms with Crippen molar-refractivity contribution in [3.05, 3.63) is 60.4 Å². The number of carbonyl (C=O) groups excluding carboxylic acids is 5. The Balaban J connectivity index is 0.000000714. The minimum absolute atomic E-state index is 0.0696. The summed E-state index contributed by atoms with van der Waals surface area (Å²) in [6.07, 6.45) is 8.40. The lowest BCUT2D eigenvalue weighted by Gasteiger charge is -2.38. The number of allylic oxidation sites excluding steroid dienone is 1. The fourth-order valence-electron chi connectivity index (χ4n) is 9.27. The number of methoxy groups -OCH3 is 1. The third kappa shape index (κ3) is 15.5. The molecule has 6 rings (SSSR count). The summed E-state index contributed by atoms with van der Waals surface area (Å²) in [7, 11) is 7.52. The summed E-state index contributed by atoms with van der Waals surface area (Å²) < 4.78 is 19.8. The lowest BCUT2D eigenvalue weighted by molar-refractivity contribution is -0.144. The fraction of sp³-hybridized carbons (Fsp3) is 0.608. The first-order chi connectivity index (χ1) is 32.0. The quantitative estimate of drug-likeness (QED) is 0.0959. The second kappa shape index (κ2) is 26.5. The van der Waals surface area contributed by atoms with Crippen LogP contribution in [0.4, 0.5) is 5.69 Å². The van der Waals surface area contributed by atoms with Crippen molar-refractivity contribution in [2.75, 3.05) is 85.6 Å². The molecule has 16 heteroatoms. The van der Waals surface area contributed by atoms with E-state index in [0.29, 0.717) is 64.5 Å². The molecule has 370 valence electrons. The number of nitrogens with zero attached hydrogens (tertiary/aromatic N) is 6. The number of amides is 2. The minimum atomic E-state index is -0.736. The number of benzene rings is 1. The highest BCUT2D eigenvalue weighted by Crippen LogP contribution is 2.41.